The summed E-state index contributed by atoms with van der Waals surface area (Å²) in [5.74, 6) is -0.0974. The zero-order valence-corrected chi connectivity index (χ0v) is 11.0. The number of benzene rings is 1. The SMILES string of the molecule is CCOC(=O)CCCCc1ccc(N)cc1.Cl. The van der Waals surface area contributed by atoms with Crippen LogP contribution in [0.2, 0.25) is 0 Å². The Morgan fingerprint density at radius 1 is 1.24 bits per heavy atom. The van der Waals surface area contributed by atoms with Gasteiger partial charge in [-0.2, -0.15) is 0 Å². The van der Waals surface area contributed by atoms with Crippen molar-refractivity contribution >= 4 is 24.1 Å². The summed E-state index contributed by atoms with van der Waals surface area (Å²) in [7, 11) is 0. The molecule has 0 aromatic heterocycles. The van der Waals surface area contributed by atoms with E-state index in [9.17, 15) is 4.79 Å². The Kier molecular flexibility index (Phi) is 8.24. The number of aryl methyl sites for hydroxylation is 1. The number of esters is 1. The van der Waals surface area contributed by atoms with Gasteiger partial charge in [0.25, 0.3) is 0 Å². The minimum Gasteiger partial charge on any atom is -0.466 e. The minimum atomic E-state index is -0.0974. The lowest BCUT2D eigenvalue weighted by atomic mass is 10.1. The van der Waals surface area contributed by atoms with Gasteiger partial charge in [-0.15, -0.1) is 12.4 Å². The number of rotatable bonds is 6. The molecule has 0 heterocycles. The number of halogens is 1. The van der Waals surface area contributed by atoms with Crippen LogP contribution in [0.25, 0.3) is 0 Å². The summed E-state index contributed by atoms with van der Waals surface area (Å²) in [6.45, 7) is 2.29. The first-order valence-corrected chi connectivity index (χ1v) is 5.72. The summed E-state index contributed by atoms with van der Waals surface area (Å²) in [4.78, 5) is 11.1. The van der Waals surface area contributed by atoms with Gasteiger partial charge in [-0.3, -0.25) is 4.79 Å². The highest BCUT2D eigenvalue weighted by Gasteiger charge is 2.01. The molecule has 0 saturated carbocycles. The van der Waals surface area contributed by atoms with Crippen molar-refractivity contribution in [3.05, 3.63) is 29.8 Å². The maximum absolute atomic E-state index is 11.1. The van der Waals surface area contributed by atoms with Gasteiger partial charge in [0.1, 0.15) is 0 Å². The second kappa shape index (κ2) is 8.88. The first-order chi connectivity index (χ1) is 7.72. The lowest BCUT2D eigenvalue weighted by Gasteiger charge is -2.03. The van der Waals surface area contributed by atoms with Gasteiger partial charge < -0.3 is 10.5 Å². The Balaban J connectivity index is 0.00000256. The van der Waals surface area contributed by atoms with Crippen LogP contribution in [0.5, 0.6) is 0 Å². The standard InChI is InChI=1S/C13H19NO2.ClH/c1-2-16-13(15)6-4-3-5-11-7-9-12(14)10-8-11;/h7-10H,2-6,14H2,1H3;1H. The van der Waals surface area contributed by atoms with Gasteiger partial charge in [-0.1, -0.05) is 12.1 Å². The van der Waals surface area contributed by atoms with Crippen molar-refractivity contribution in [3.8, 4) is 0 Å². The van der Waals surface area contributed by atoms with Gasteiger partial charge in [0, 0.05) is 12.1 Å². The molecule has 0 saturated heterocycles. The predicted octanol–water partition coefficient (Wildman–Crippen LogP) is 2.97. The molecule has 0 radical (unpaired) electrons. The number of ether oxygens (including phenoxy) is 1. The Labute approximate surface area is 109 Å². The number of nitrogen functional groups attached to an aromatic ring is 1. The molecule has 4 heteroatoms. The monoisotopic (exact) mass is 257 g/mol. The van der Waals surface area contributed by atoms with Crippen molar-refractivity contribution in [2.45, 2.75) is 32.6 Å². The van der Waals surface area contributed by atoms with Crippen molar-refractivity contribution < 1.29 is 9.53 Å². The quantitative estimate of drug-likeness (QED) is 0.484. The van der Waals surface area contributed by atoms with E-state index in [-0.39, 0.29) is 18.4 Å². The minimum absolute atomic E-state index is 0. The van der Waals surface area contributed by atoms with E-state index >= 15 is 0 Å². The normalized spacial score (nSPS) is 9.47. The molecule has 3 nitrogen and oxygen atoms in total. The highest BCUT2D eigenvalue weighted by molar-refractivity contribution is 5.85. The van der Waals surface area contributed by atoms with E-state index < -0.39 is 0 Å². The van der Waals surface area contributed by atoms with E-state index in [1.165, 1.54) is 5.56 Å². The third-order valence-electron chi connectivity index (χ3n) is 2.38. The summed E-state index contributed by atoms with van der Waals surface area (Å²) < 4.78 is 4.85. The zero-order valence-electron chi connectivity index (χ0n) is 10.1. The first-order valence-electron chi connectivity index (χ1n) is 5.72. The average molecular weight is 258 g/mol. The Morgan fingerprint density at radius 3 is 2.47 bits per heavy atom. The number of nitrogens with two attached hydrogens (primary N) is 1. The van der Waals surface area contributed by atoms with E-state index in [0.717, 1.165) is 24.9 Å². The van der Waals surface area contributed by atoms with E-state index in [0.29, 0.717) is 13.0 Å². The van der Waals surface area contributed by atoms with Crippen LogP contribution in [-0.2, 0) is 16.0 Å². The van der Waals surface area contributed by atoms with Crippen molar-refractivity contribution in [2.75, 3.05) is 12.3 Å². The van der Waals surface area contributed by atoms with Crippen LogP contribution in [0.4, 0.5) is 5.69 Å². The average Bonchev–Trinajstić information content (AvgIpc) is 2.27. The zero-order chi connectivity index (χ0) is 11.8. The van der Waals surface area contributed by atoms with Crippen LogP contribution >= 0.6 is 12.4 Å². The summed E-state index contributed by atoms with van der Waals surface area (Å²) in [5, 5.41) is 0. The molecule has 0 aliphatic rings. The van der Waals surface area contributed by atoms with Crippen LogP contribution < -0.4 is 5.73 Å². The number of hydrogen-bond donors (Lipinski definition) is 1. The number of carbonyl (C=O) groups is 1. The van der Waals surface area contributed by atoms with Crippen LogP contribution in [-0.4, -0.2) is 12.6 Å². The number of carbonyl (C=O) groups excluding carboxylic acids is 1. The lowest BCUT2D eigenvalue weighted by molar-refractivity contribution is -0.143. The highest BCUT2D eigenvalue weighted by atomic mass is 35.5. The first kappa shape index (κ1) is 15.8. The second-order valence-corrected chi connectivity index (χ2v) is 3.75. The van der Waals surface area contributed by atoms with Gasteiger partial charge in [0.2, 0.25) is 0 Å². The van der Waals surface area contributed by atoms with Crippen molar-refractivity contribution in [3.63, 3.8) is 0 Å². The second-order valence-electron chi connectivity index (χ2n) is 3.75. The highest BCUT2D eigenvalue weighted by Crippen LogP contribution is 2.09. The Morgan fingerprint density at radius 2 is 1.88 bits per heavy atom. The fraction of sp³-hybridized carbons (Fsp3) is 0.462. The number of hydrogen-bond acceptors (Lipinski definition) is 3. The molecule has 0 aliphatic carbocycles. The van der Waals surface area contributed by atoms with Crippen LogP contribution in [0.3, 0.4) is 0 Å². The van der Waals surface area contributed by atoms with Gasteiger partial charge in [-0.25, -0.2) is 0 Å². The maximum Gasteiger partial charge on any atom is 0.305 e. The molecule has 17 heavy (non-hydrogen) atoms. The summed E-state index contributed by atoms with van der Waals surface area (Å²) >= 11 is 0. The van der Waals surface area contributed by atoms with E-state index in [1.54, 1.807) is 0 Å². The summed E-state index contributed by atoms with van der Waals surface area (Å²) in [6, 6.07) is 7.86. The van der Waals surface area contributed by atoms with Crippen LogP contribution in [0.15, 0.2) is 24.3 Å². The molecule has 0 unspecified atom stereocenters. The molecule has 1 rings (SSSR count). The van der Waals surface area contributed by atoms with Crippen LogP contribution in [0, 0.1) is 0 Å². The topological polar surface area (TPSA) is 52.3 Å². The molecule has 1 aromatic rings. The Hall–Kier alpha value is -1.22. The van der Waals surface area contributed by atoms with Gasteiger partial charge in [0.15, 0.2) is 0 Å². The summed E-state index contributed by atoms with van der Waals surface area (Å²) in [5.41, 5.74) is 7.64. The molecule has 0 spiro atoms. The molecule has 1 aromatic carbocycles. The molecule has 0 bridgehead atoms. The molecular weight excluding hydrogens is 238 g/mol. The number of unbranched alkanes of at least 4 members (excludes halogenated alkanes) is 1. The lowest BCUT2D eigenvalue weighted by Crippen LogP contribution is -2.03. The number of anilines is 1. The molecule has 0 aliphatic heterocycles. The summed E-state index contributed by atoms with van der Waals surface area (Å²) in [6.07, 6.45) is 3.38. The third-order valence-corrected chi connectivity index (χ3v) is 2.38. The molecule has 96 valence electrons. The van der Waals surface area contributed by atoms with E-state index in [4.69, 9.17) is 10.5 Å². The van der Waals surface area contributed by atoms with Gasteiger partial charge in [-0.05, 0) is 43.9 Å². The third kappa shape index (κ3) is 6.84. The van der Waals surface area contributed by atoms with Gasteiger partial charge >= 0.3 is 5.97 Å². The van der Waals surface area contributed by atoms with Crippen molar-refractivity contribution in [2.24, 2.45) is 0 Å². The predicted molar refractivity (Wildman–Crippen MR) is 72.3 cm³/mol. The van der Waals surface area contributed by atoms with Crippen LogP contribution in [0.1, 0.15) is 31.7 Å². The van der Waals surface area contributed by atoms with E-state index in [2.05, 4.69) is 0 Å². The molecule has 0 fully saturated rings. The van der Waals surface area contributed by atoms with Crippen molar-refractivity contribution in [1.82, 2.24) is 0 Å². The Bertz CT molecular complexity index is 325. The molecular formula is C13H20ClNO2. The van der Waals surface area contributed by atoms with E-state index in [1.807, 2.05) is 31.2 Å². The maximum atomic E-state index is 11.1. The van der Waals surface area contributed by atoms with Gasteiger partial charge in [0.05, 0.1) is 6.61 Å². The van der Waals surface area contributed by atoms with Crippen molar-refractivity contribution in [1.29, 1.82) is 0 Å². The molecule has 0 atom stereocenters. The smallest absolute Gasteiger partial charge is 0.305 e. The molecule has 2 N–H and O–H groups in total. The molecule has 0 amide bonds. The fourth-order valence-corrected chi connectivity index (χ4v) is 1.52. The largest absolute Gasteiger partial charge is 0.466 e. The fourth-order valence-electron chi connectivity index (χ4n) is 1.52.